The molecule has 264 valence electrons. The number of carbonyl (C=O) groups is 2. The number of hydrogen-bond acceptors (Lipinski definition) is 11. The minimum absolute atomic E-state index is 0.0385. The van der Waals surface area contributed by atoms with Gasteiger partial charge in [-0.2, -0.15) is 4.31 Å². The number of aliphatic hydroxyl groups excluding tert-OH is 2. The van der Waals surface area contributed by atoms with Gasteiger partial charge >= 0.3 is 0 Å². The molecule has 3 heterocycles. The van der Waals surface area contributed by atoms with Crippen LogP contribution in [0.4, 0.5) is 4.79 Å². The van der Waals surface area contributed by atoms with E-state index in [1.165, 1.54) is 22.5 Å². The number of ether oxygens (including phenoxy) is 4. The maximum atomic E-state index is 14.3. The smallest absolute Gasteiger partial charge is 0.245 e. The van der Waals surface area contributed by atoms with Gasteiger partial charge in [-0.15, -0.1) is 0 Å². The molecular formula is C33H44N3O11S-. The lowest BCUT2D eigenvalue weighted by Crippen LogP contribution is -2.61. The molecule has 2 amide bonds. The Morgan fingerprint density at radius 3 is 2.58 bits per heavy atom. The number of carboxylic acid groups (broad SMARTS) is 1. The number of amides is 2. The van der Waals surface area contributed by atoms with Crippen LogP contribution < -0.4 is 19.9 Å². The monoisotopic (exact) mass is 690 g/mol. The zero-order valence-electron chi connectivity index (χ0n) is 27.2. The maximum Gasteiger partial charge on any atom is 0.245 e. The number of aliphatic hydroxyl groups is 2. The van der Waals surface area contributed by atoms with Crippen molar-refractivity contribution >= 4 is 22.0 Å². The largest absolute Gasteiger partial charge is 0.530 e. The van der Waals surface area contributed by atoms with E-state index in [2.05, 4.69) is 5.32 Å². The second-order valence-electron chi connectivity index (χ2n) is 13.2. The minimum Gasteiger partial charge on any atom is -0.530 e. The van der Waals surface area contributed by atoms with E-state index in [4.69, 9.17) is 24.1 Å². The van der Waals surface area contributed by atoms with Gasteiger partial charge in [0.05, 0.1) is 36.3 Å². The second kappa shape index (κ2) is 15.4. The van der Waals surface area contributed by atoms with Crippen LogP contribution in [0.3, 0.4) is 0 Å². The summed E-state index contributed by atoms with van der Waals surface area (Å²) in [6.45, 7) is 3.37. The second-order valence-corrected chi connectivity index (χ2v) is 15.1. The summed E-state index contributed by atoms with van der Waals surface area (Å²) < 4.78 is 52.1. The molecular weight excluding hydrogens is 646 g/mol. The average Bonchev–Trinajstić information content (AvgIpc) is 3.81. The molecule has 0 unspecified atom stereocenters. The highest BCUT2D eigenvalue weighted by atomic mass is 32.2. The molecule has 0 aliphatic carbocycles. The first-order valence-electron chi connectivity index (χ1n) is 16.1. The molecule has 3 aliphatic heterocycles. The van der Waals surface area contributed by atoms with Gasteiger partial charge in [0.1, 0.15) is 12.7 Å². The molecule has 2 saturated heterocycles. The summed E-state index contributed by atoms with van der Waals surface area (Å²) in [5.74, 6) is -0.0819. The van der Waals surface area contributed by atoms with E-state index < -0.39 is 65.1 Å². The molecule has 3 aliphatic rings. The molecule has 0 spiro atoms. The molecule has 3 N–H and O–H groups in total. The van der Waals surface area contributed by atoms with Crippen molar-refractivity contribution in [1.29, 1.82) is 0 Å². The van der Waals surface area contributed by atoms with Gasteiger partial charge in [-0.3, -0.25) is 4.79 Å². The zero-order chi connectivity index (χ0) is 34.5. The number of carbonyl (C=O) groups excluding carboxylic acids is 2. The molecule has 2 fully saturated rings. The Balaban J connectivity index is 1.45. The lowest BCUT2D eigenvalue weighted by molar-refractivity contribution is -0.273. The van der Waals surface area contributed by atoms with E-state index in [9.17, 15) is 28.2 Å². The molecule has 5 atom stereocenters. The van der Waals surface area contributed by atoms with E-state index in [1.807, 2.05) is 44.2 Å². The summed E-state index contributed by atoms with van der Waals surface area (Å²) in [6.07, 6.45) is -1.87. The van der Waals surface area contributed by atoms with Crippen molar-refractivity contribution in [2.24, 2.45) is 11.3 Å². The number of nitrogens with zero attached hydrogens (tertiary/aromatic N) is 2. The van der Waals surface area contributed by atoms with E-state index >= 15 is 0 Å². The van der Waals surface area contributed by atoms with Gasteiger partial charge in [0.2, 0.25) is 22.7 Å². The van der Waals surface area contributed by atoms with E-state index in [0.717, 1.165) is 10.5 Å². The van der Waals surface area contributed by atoms with Crippen molar-refractivity contribution < 1.29 is 52.3 Å². The molecule has 0 radical (unpaired) electrons. The third-order valence-corrected chi connectivity index (χ3v) is 10.9. The highest BCUT2D eigenvalue weighted by Crippen LogP contribution is 2.38. The number of nitrogens with one attached hydrogen (secondary N) is 1. The summed E-state index contributed by atoms with van der Waals surface area (Å²) in [5.41, 5.74) is 0.102. The predicted molar refractivity (Wildman–Crippen MR) is 169 cm³/mol. The Morgan fingerprint density at radius 1 is 1.10 bits per heavy atom. The van der Waals surface area contributed by atoms with Crippen molar-refractivity contribution in [3.8, 4) is 11.5 Å². The fraction of sp³-hybridized carbons (Fsp3) is 0.576. The lowest BCUT2D eigenvalue weighted by atomic mass is 9.87. The Labute approximate surface area is 280 Å². The Hall–Kier alpha value is -3.47. The standard InChI is InChI=1S/C33H45N3O11S/c1-33(2,12-6-13-34-30(39)18-37)20-35(48(42,43)23-9-10-28-29(16-23)47-21-46-28)17-27(38)25(15-22-7-4-3-5-8-22)36(32(40)41)26-19-45-31-24(26)11-14-44-31/h3-5,7-10,16,24-27,31,37-38H,6,11-15,17-21H2,1-2H3,(H,34,39)(H,40,41)/p-1/t24-,25-,26-,27+,31+/m0/s1. The van der Waals surface area contributed by atoms with Gasteiger partial charge in [-0.1, -0.05) is 44.2 Å². The lowest BCUT2D eigenvalue weighted by Gasteiger charge is -2.43. The van der Waals surface area contributed by atoms with Gasteiger partial charge in [0.25, 0.3) is 0 Å². The van der Waals surface area contributed by atoms with Gasteiger partial charge in [0.15, 0.2) is 17.8 Å². The number of rotatable bonds is 16. The van der Waals surface area contributed by atoms with Crippen LogP contribution in [0, 0.1) is 11.3 Å². The summed E-state index contributed by atoms with van der Waals surface area (Å²) in [7, 11) is -4.28. The van der Waals surface area contributed by atoms with Gasteiger partial charge in [-0.05, 0) is 48.8 Å². The summed E-state index contributed by atoms with van der Waals surface area (Å²) in [5, 5.41) is 36.5. The summed E-state index contributed by atoms with van der Waals surface area (Å²) in [6, 6.07) is 11.6. The van der Waals surface area contributed by atoms with Crippen LogP contribution in [0.15, 0.2) is 53.4 Å². The van der Waals surface area contributed by atoms with Crippen LogP contribution in [-0.4, -0.2) is 111 Å². The number of fused-ring (bicyclic) bond motifs is 2. The van der Waals surface area contributed by atoms with Crippen LogP contribution in [0.5, 0.6) is 11.5 Å². The summed E-state index contributed by atoms with van der Waals surface area (Å²) in [4.78, 5) is 25.4. The van der Waals surface area contributed by atoms with Gasteiger partial charge in [0, 0.05) is 31.6 Å². The zero-order valence-corrected chi connectivity index (χ0v) is 28.0. The van der Waals surface area contributed by atoms with E-state index in [-0.39, 0.29) is 49.5 Å². The van der Waals surface area contributed by atoms with Gasteiger partial charge in [-0.25, -0.2) is 8.42 Å². The molecule has 14 nitrogen and oxygen atoms in total. The number of sulfonamides is 1. The van der Waals surface area contributed by atoms with E-state index in [1.54, 1.807) is 0 Å². The van der Waals surface area contributed by atoms with Crippen LogP contribution in [0.1, 0.15) is 38.7 Å². The highest BCUT2D eigenvalue weighted by molar-refractivity contribution is 7.89. The Bertz CT molecular complexity index is 1520. The fourth-order valence-electron chi connectivity index (χ4n) is 6.69. The van der Waals surface area contributed by atoms with Crippen molar-refractivity contribution in [3.63, 3.8) is 0 Å². The molecule has 2 aromatic rings. The quantitative estimate of drug-likeness (QED) is 0.211. The van der Waals surface area contributed by atoms with Crippen LogP contribution in [-0.2, 0) is 30.7 Å². The first kappa shape index (κ1) is 35.8. The minimum atomic E-state index is -4.28. The Morgan fingerprint density at radius 2 is 1.85 bits per heavy atom. The van der Waals surface area contributed by atoms with E-state index in [0.29, 0.717) is 31.6 Å². The molecule has 0 saturated carbocycles. The molecule has 5 rings (SSSR count). The third-order valence-electron chi connectivity index (χ3n) is 9.14. The topological polar surface area (TPSA) is 187 Å². The van der Waals surface area contributed by atoms with Crippen molar-refractivity contribution in [2.45, 2.75) is 68.9 Å². The Kier molecular flexibility index (Phi) is 11.5. The number of hydrogen-bond donors (Lipinski definition) is 3. The first-order valence-corrected chi connectivity index (χ1v) is 17.6. The summed E-state index contributed by atoms with van der Waals surface area (Å²) >= 11 is 0. The van der Waals surface area contributed by atoms with Crippen molar-refractivity contribution in [1.82, 2.24) is 14.5 Å². The highest BCUT2D eigenvalue weighted by Gasteiger charge is 2.47. The fourth-order valence-corrected chi connectivity index (χ4v) is 8.36. The number of benzene rings is 2. The molecule has 0 aromatic heterocycles. The van der Waals surface area contributed by atoms with Gasteiger partial charge < -0.3 is 49.3 Å². The van der Waals surface area contributed by atoms with Crippen LogP contribution in [0.25, 0.3) is 0 Å². The van der Waals surface area contributed by atoms with Crippen LogP contribution in [0.2, 0.25) is 0 Å². The van der Waals surface area contributed by atoms with Crippen LogP contribution >= 0.6 is 0 Å². The first-order chi connectivity index (χ1) is 22.9. The predicted octanol–water partition coefficient (Wildman–Crippen LogP) is 0.700. The third kappa shape index (κ3) is 8.39. The maximum absolute atomic E-state index is 14.3. The van der Waals surface area contributed by atoms with Crippen molar-refractivity contribution in [3.05, 3.63) is 54.1 Å². The molecule has 48 heavy (non-hydrogen) atoms. The average molecular weight is 691 g/mol. The SMILES string of the molecule is CC(C)(CCCNC(=O)CO)CN(C[C@@H](O)[C@H](Cc1ccccc1)N(C(=O)[O-])[C@H]1CO[C@H]2OCC[C@H]21)S(=O)(=O)c1ccc2c(c1)OCO2. The van der Waals surface area contributed by atoms with Crippen molar-refractivity contribution in [2.75, 3.05) is 46.2 Å². The normalized spacial score (nSPS) is 21.6. The molecule has 0 bridgehead atoms. The molecule has 2 aromatic carbocycles. The molecule has 15 heteroatoms.